The van der Waals surface area contributed by atoms with Crippen molar-refractivity contribution in [1.82, 2.24) is 10.4 Å². The highest BCUT2D eigenvalue weighted by molar-refractivity contribution is 6.31. The number of benzene rings is 2. The molecule has 148 valence electrons. The van der Waals surface area contributed by atoms with E-state index in [0.29, 0.717) is 35.3 Å². The van der Waals surface area contributed by atoms with E-state index < -0.39 is 0 Å². The molecular formula is C22H20ClN3O3. The largest absolute Gasteiger partial charge is 0.490 e. The molecule has 3 aromatic rings. The summed E-state index contributed by atoms with van der Waals surface area (Å²) in [5, 5.41) is 4.65. The molecule has 0 bridgehead atoms. The molecule has 0 saturated carbocycles. The molecule has 2 aromatic carbocycles. The van der Waals surface area contributed by atoms with Crippen LogP contribution in [0.25, 0.3) is 0 Å². The molecule has 29 heavy (non-hydrogen) atoms. The second-order valence-electron chi connectivity index (χ2n) is 5.95. The minimum absolute atomic E-state index is 0.312. The summed E-state index contributed by atoms with van der Waals surface area (Å²) in [5.41, 5.74) is 4.61. The first-order chi connectivity index (χ1) is 14.2. The Balaban J connectivity index is 1.67. The van der Waals surface area contributed by atoms with Gasteiger partial charge in [-0.15, -0.1) is 0 Å². The molecular weight excluding hydrogens is 390 g/mol. The summed E-state index contributed by atoms with van der Waals surface area (Å²) >= 11 is 6.18. The lowest BCUT2D eigenvalue weighted by atomic mass is 10.2. The van der Waals surface area contributed by atoms with Crippen LogP contribution in [0.2, 0.25) is 5.02 Å². The molecule has 0 aliphatic carbocycles. The van der Waals surface area contributed by atoms with Gasteiger partial charge in [-0.1, -0.05) is 29.8 Å². The van der Waals surface area contributed by atoms with Crippen molar-refractivity contribution in [2.24, 2.45) is 5.10 Å². The molecule has 6 nitrogen and oxygen atoms in total. The standard InChI is InChI=1S/C22H20ClN3O3/c1-2-28-21-13-16(14-25-26-22(27)17-9-11-24-12-10-17)7-8-20(21)29-15-18-5-3-4-6-19(18)23/h3-14H,2,15H2,1H3,(H,26,27). The summed E-state index contributed by atoms with van der Waals surface area (Å²) in [5.74, 6) is 0.877. The first-order valence-corrected chi connectivity index (χ1v) is 9.41. The molecule has 0 atom stereocenters. The number of rotatable bonds is 8. The van der Waals surface area contributed by atoms with Gasteiger partial charge in [0.1, 0.15) is 6.61 Å². The smallest absolute Gasteiger partial charge is 0.271 e. The molecule has 1 N–H and O–H groups in total. The highest BCUT2D eigenvalue weighted by Crippen LogP contribution is 2.29. The van der Waals surface area contributed by atoms with Crippen LogP contribution in [0, 0.1) is 0 Å². The van der Waals surface area contributed by atoms with E-state index in [1.54, 1.807) is 42.9 Å². The molecule has 1 amide bonds. The van der Waals surface area contributed by atoms with Crippen molar-refractivity contribution in [3.05, 3.63) is 88.7 Å². The highest BCUT2D eigenvalue weighted by atomic mass is 35.5. The van der Waals surface area contributed by atoms with Gasteiger partial charge in [0.25, 0.3) is 5.91 Å². The van der Waals surface area contributed by atoms with Crippen LogP contribution in [-0.2, 0) is 6.61 Å². The van der Waals surface area contributed by atoms with Crippen LogP contribution in [0.1, 0.15) is 28.4 Å². The molecule has 0 spiro atoms. The average Bonchev–Trinajstić information content (AvgIpc) is 2.75. The number of hydrogen-bond acceptors (Lipinski definition) is 5. The minimum atomic E-state index is -0.312. The van der Waals surface area contributed by atoms with Crippen LogP contribution in [0.15, 0.2) is 72.1 Å². The number of pyridine rings is 1. The Kier molecular flexibility index (Phi) is 7.19. The number of hydrazone groups is 1. The summed E-state index contributed by atoms with van der Waals surface area (Å²) in [4.78, 5) is 15.9. The number of halogens is 1. The fraction of sp³-hybridized carbons (Fsp3) is 0.136. The first-order valence-electron chi connectivity index (χ1n) is 9.04. The lowest BCUT2D eigenvalue weighted by Gasteiger charge is -2.13. The van der Waals surface area contributed by atoms with Crippen molar-refractivity contribution in [2.45, 2.75) is 13.5 Å². The highest BCUT2D eigenvalue weighted by Gasteiger charge is 2.08. The summed E-state index contributed by atoms with van der Waals surface area (Å²) in [6.07, 6.45) is 4.64. The van der Waals surface area contributed by atoms with Crippen LogP contribution in [0.5, 0.6) is 11.5 Å². The van der Waals surface area contributed by atoms with Crippen molar-refractivity contribution in [2.75, 3.05) is 6.61 Å². The third-order valence-corrected chi connectivity index (χ3v) is 4.30. The molecule has 0 aliphatic heterocycles. The number of carbonyl (C=O) groups is 1. The Morgan fingerprint density at radius 1 is 1.10 bits per heavy atom. The maximum atomic E-state index is 12.0. The summed E-state index contributed by atoms with van der Waals surface area (Å²) < 4.78 is 11.6. The van der Waals surface area contributed by atoms with Crippen molar-refractivity contribution >= 4 is 23.7 Å². The number of ether oxygens (including phenoxy) is 2. The molecule has 1 heterocycles. The van der Waals surface area contributed by atoms with Crippen LogP contribution >= 0.6 is 11.6 Å². The molecule has 0 saturated heterocycles. The second kappa shape index (κ2) is 10.2. The zero-order valence-electron chi connectivity index (χ0n) is 15.8. The normalized spacial score (nSPS) is 10.7. The molecule has 0 unspecified atom stereocenters. The SMILES string of the molecule is CCOc1cc(C=NNC(=O)c2ccncc2)ccc1OCc1ccccc1Cl. The van der Waals surface area contributed by atoms with E-state index in [1.807, 2.05) is 37.3 Å². The van der Waals surface area contributed by atoms with E-state index >= 15 is 0 Å². The van der Waals surface area contributed by atoms with Crippen molar-refractivity contribution in [3.63, 3.8) is 0 Å². The van der Waals surface area contributed by atoms with Crippen molar-refractivity contribution in [3.8, 4) is 11.5 Å². The van der Waals surface area contributed by atoms with Gasteiger partial charge in [0, 0.05) is 28.5 Å². The molecule has 0 fully saturated rings. The number of nitrogens with one attached hydrogen (secondary N) is 1. The molecule has 1 aromatic heterocycles. The fourth-order valence-electron chi connectivity index (χ4n) is 2.50. The van der Waals surface area contributed by atoms with Gasteiger partial charge >= 0.3 is 0 Å². The van der Waals surface area contributed by atoms with E-state index in [4.69, 9.17) is 21.1 Å². The van der Waals surface area contributed by atoms with Gasteiger partial charge in [-0.3, -0.25) is 9.78 Å². The lowest BCUT2D eigenvalue weighted by molar-refractivity contribution is 0.0955. The van der Waals surface area contributed by atoms with Crippen molar-refractivity contribution in [1.29, 1.82) is 0 Å². The molecule has 0 aliphatic rings. The van der Waals surface area contributed by atoms with Gasteiger partial charge in [0.15, 0.2) is 11.5 Å². The summed E-state index contributed by atoms with van der Waals surface area (Å²) in [7, 11) is 0. The number of carbonyl (C=O) groups excluding carboxylic acids is 1. The predicted molar refractivity (Wildman–Crippen MR) is 113 cm³/mol. The fourth-order valence-corrected chi connectivity index (χ4v) is 2.69. The monoisotopic (exact) mass is 409 g/mol. The Bertz CT molecular complexity index is 994. The lowest BCUT2D eigenvalue weighted by Crippen LogP contribution is -2.17. The Labute approximate surface area is 174 Å². The quantitative estimate of drug-likeness (QED) is 0.440. The van der Waals surface area contributed by atoms with Gasteiger partial charge in [-0.2, -0.15) is 5.10 Å². The second-order valence-corrected chi connectivity index (χ2v) is 6.36. The van der Waals surface area contributed by atoms with E-state index in [1.165, 1.54) is 0 Å². The van der Waals surface area contributed by atoms with Gasteiger partial charge in [-0.05, 0) is 48.9 Å². The molecule has 3 rings (SSSR count). The first kappa shape index (κ1) is 20.4. The zero-order valence-corrected chi connectivity index (χ0v) is 16.6. The van der Waals surface area contributed by atoms with Gasteiger partial charge in [0.05, 0.1) is 12.8 Å². The van der Waals surface area contributed by atoms with E-state index in [-0.39, 0.29) is 5.91 Å². The van der Waals surface area contributed by atoms with Crippen LogP contribution in [-0.4, -0.2) is 23.7 Å². The van der Waals surface area contributed by atoms with Crippen molar-refractivity contribution < 1.29 is 14.3 Å². The predicted octanol–water partition coefficient (Wildman–Crippen LogP) is 4.48. The van der Waals surface area contributed by atoms with Crippen LogP contribution in [0.4, 0.5) is 0 Å². The number of amides is 1. The Morgan fingerprint density at radius 3 is 2.66 bits per heavy atom. The summed E-state index contributed by atoms with van der Waals surface area (Å²) in [6.45, 7) is 2.71. The van der Waals surface area contributed by atoms with E-state index in [9.17, 15) is 4.79 Å². The van der Waals surface area contributed by atoms with Gasteiger partial charge in [0.2, 0.25) is 0 Å². The zero-order chi connectivity index (χ0) is 20.5. The minimum Gasteiger partial charge on any atom is -0.490 e. The van der Waals surface area contributed by atoms with E-state index in [2.05, 4.69) is 15.5 Å². The number of nitrogens with zero attached hydrogens (tertiary/aromatic N) is 2. The topological polar surface area (TPSA) is 72.8 Å². The maximum Gasteiger partial charge on any atom is 0.271 e. The molecule has 7 heteroatoms. The van der Waals surface area contributed by atoms with Crippen LogP contribution in [0.3, 0.4) is 0 Å². The van der Waals surface area contributed by atoms with Gasteiger partial charge in [-0.25, -0.2) is 5.43 Å². The van der Waals surface area contributed by atoms with Gasteiger partial charge < -0.3 is 9.47 Å². The third-order valence-electron chi connectivity index (χ3n) is 3.93. The summed E-state index contributed by atoms with van der Waals surface area (Å²) in [6, 6.07) is 16.2. The molecule has 0 radical (unpaired) electrons. The maximum absolute atomic E-state index is 12.0. The Hall–Kier alpha value is -3.38. The number of aromatic nitrogens is 1. The Morgan fingerprint density at radius 2 is 1.90 bits per heavy atom. The third kappa shape index (κ3) is 5.80. The average molecular weight is 410 g/mol. The van der Waals surface area contributed by atoms with E-state index in [0.717, 1.165) is 11.1 Å². The number of hydrogen-bond donors (Lipinski definition) is 1. The van der Waals surface area contributed by atoms with Crippen LogP contribution < -0.4 is 14.9 Å².